The molecule has 1 saturated heterocycles. The zero-order valence-corrected chi connectivity index (χ0v) is 16.8. The van der Waals surface area contributed by atoms with Crippen LogP contribution >= 0.6 is 0 Å². The van der Waals surface area contributed by atoms with Gasteiger partial charge in [0.1, 0.15) is 12.3 Å². The number of benzene rings is 2. The van der Waals surface area contributed by atoms with E-state index in [1.807, 2.05) is 18.2 Å². The summed E-state index contributed by atoms with van der Waals surface area (Å²) >= 11 is 0. The van der Waals surface area contributed by atoms with Gasteiger partial charge in [-0.3, -0.25) is 9.69 Å². The van der Waals surface area contributed by atoms with Crippen LogP contribution in [0.25, 0.3) is 0 Å². The number of nitrogens with zero attached hydrogens (tertiary/aromatic N) is 5. The van der Waals surface area contributed by atoms with E-state index in [2.05, 4.69) is 37.9 Å². The minimum Gasteiger partial charge on any atom is -0.497 e. The van der Waals surface area contributed by atoms with Crippen LogP contribution in [-0.4, -0.2) is 64.4 Å². The number of ether oxygens (including phenoxy) is 2. The third kappa shape index (κ3) is 4.64. The van der Waals surface area contributed by atoms with Crippen LogP contribution in [-0.2, 0) is 16.1 Å². The summed E-state index contributed by atoms with van der Waals surface area (Å²) in [6, 6.07) is 17.1. The Kier molecular flexibility index (Phi) is 6.31. The van der Waals surface area contributed by atoms with Gasteiger partial charge in [0.15, 0.2) is 5.82 Å². The van der Waals surface area contributed by atoms with E-state index in [0.29, 0.717) is 24.7 Å². The fourth-order valence-electron chi connectivity index (χ4n) is 3.53. The number of anilines is 1. The number of nitrogens with one attached hydrogen (secondary N) is 1. The smallest absolute Gasteiger partial charge is 0.246 e. The number of aromatic nitrogens is 4. The molecule has 2 heterocycles. The lowest BCUT2D eigenvalue weighted by Crippen LogP contribution is -2.40. The van der Waals surface area contributed by atoms with Crippen molar-refractivity contribution >= 4 is 11.6 Å². The van der Waals surface area contributed by atoms with E-state index in [9.17, 15) is 4.79 Å². The summed E-state index contributed by atoms with van der Waals surface area (Å²) in [5.41, 5.74) is 1.76. The fourth-order valence-corrected chi connectivity index (χ4v) is 3.53. The number of amides is 1. The Morgan fingerprint density at radius 1 is 1.13 bits per heavy atom. The number of methoxy groups -OCH3 is 1. The van der Waals surface area contributed by atoms with Gasteiger partial charge in [-0.15, -0.1) is 5.10 Å². The summed E-state index contributed by atoms with van der Waals surface area (Å²) in [4.78, 5) is 14.9. The van der Waals surface area contributed by atoms with Gasteiger partial charge in [-0.05, 0) is 40.3 Å². The van der Waals surface area contributed by atoms with Crippen LogP contribution in [0.3, 0.4) is 0 Å². The summed E-state index contributed by atoms with van der Waals surface area (Å²) in [5, 5.41) is 15.1. The molecule has 1 unspecified atom stereocenters. The van der Waals surface area contributed by atoms with E-state index >= 15 is 0 Å². The van der Waals surface area contributed by atoms with Gasteiger partial charge in [0.2, 0.25) is 5.91 Å². The largest absolute Gasteiger partial charge is 0.497 e. The van der Waals surface area contributed by atoms with E-state index in [1.54, 1.807) is 36.1 Å². The van der Waals surface area contributed by atoms with E-state index in [4.69, 9.17) is 9.47 Å². The SMILES string of the molecule is COc1ccc(NC(=O)Cn2nnnc2C(c2ccccc2)N2CCOCC2)cc1. The molecule has 9 heteroatoms. The first-order valence-corrected chi connectivity index (χ1v) is 9.81. The van der Waals surface area contributed by atoms with Crippen LogP contribution < -0.4 is 10.1 Å². The van der Waals surface area contributed by atoms with Gasteiger partial charge in [-0.1, -0.05) is 30.3 Å². The fraction of sp³-hybridized carbons (Fsp3) is 0.333. The summed E-state index contributed by atoms with van der Waals surface area (Å²) < 4.78 is 12.2. The molecule has 9 nitrogen and oxygen atoms in total. The monoisotopic (exact) mass is 408 g/mol. The molecule has 1 fully saturated rings. The third-order valence-corrected chi connectivity index (χ3v) is 5.00. The lowest BCUT2D eigenvalue weighted by atomic mass is 10.0. The normalized spacial score (nSPS) is 15.5. The molecule has 1 amide bonds. The Morgan fingerprint density at radius 3 is 2.57 bits per heavy atom. The molecule has 3 aromatic rings. The van der Waals surface area contributed by atoms with Crippen molar-refractivity contribution in [2.24, 2.45) is 0 Å². The van der Waals surface area contributed by atoms with Crippen LogP contribution in [0.1, 0.15) is 17.4 Å². The average Bonchev–Trinajstić information content (AvgIpc) is 3.23. The van der Waals surface area contributed by atoms with Crippen LogP contribution in [0.4, 0.5) is 5.69 Å². The highest BCUT2D eigenvalue weighted by Gasteiger charge is 2.29. The number of rotatable bonds is 7. The van der Waals surface area contributed by atoms with Crippen molar-refractivity contribution in [1.82, 2.24) is 25.1 Å². The maximum atomic E-state index is 12.6. The molecule has 156 valence electrons. The molecule has 0 bridgehead atoms. The first kappa shape index (κ1) is 20.0. The van der Waals surface area contributed by atoms with Gasteiger partial charge in [0.05, 0.1) is 26.4 Å². The lowest BCUT2D eigenvalue weighted by Gasteiger charge is -2.33. The van der Waals surface area contributed by atoms with E-state index in [1.165, 1.54) is 0 Å². The van der Waals surface area contributed by atoms with Crippen LogP contribution in [0.15, 0.2) is 54.6 Å². The van der Waals surface area contributed by atoms with Crippen molar-refractivity contribution in [2.45, 2.75) is 12.6 Å². The number of hydrogen-bond donors (Lipinski definition) is 1. The molecule has 1 aromatic heterocycles. The van der Waals surface area contributed by atoms with Gasteiger partial charge < -0.3 is 14.8 Å². The van der Waals surface area contributed by atoms with Crippen molar-refractivity contribution in [3.8, 4) is 5.75 Å². The second-order valence-corrected chi connectivity index (χ2v) is 6.93. The Morgan fingerprint density at radius 2 is 1.87 bits per heavy atom. The lowest BCUT2D eigenvalue weighted by molar-refractivity contribution is -0.117. The third-order valence-electron chi connectivity index (χ3n) is 5.00. The molecule has 1 N–H and O–H groups in total. The molecule has 0 aliphatic carbocycles. The summed E-state index contributed by atoms with van der Waals surface area (Å²) in [6.07, 6.45) is 0. The van der Waals surface area contributed by atoms with Crippen molar-refractivity contribution in [3.05, 3.63) is 66.0 Å². The van der Waals surface area contributed by atoms with Crippen LogP contribution in [0, 0.1) is 0 Å². The van der Waals surface area contributed by atoms with Crippen LogP contribution in [0.5, 0.6) is 5.75 Å². The average molecular weight is 408 g/mol. The Hall–Kier alpha value is -3.30. The minimum absolute atomic E-state index is 0.0159. The highest BCUT2D eigenvalue weighted by atomic mass is 16.5. The Bertz CT molecular complexity index is 954. The quantitative estimate of drug-likeness (QED) is 0.636. The zero-order chi connectivity index (χ0) is 20.8. The van der Waals surface area contributed by atoms with Gasteiger partial charge in [-0.25, -0.2) is 4.68 Å². The van der Waals surface area contributed by atoms with Gasteiger partial charge in [0, 0.05) is 18.8 Å². The van der Waals surface area contributed by atoms with Crippen molar-refractivity contribution < 1.29 is 14.3 Å². The van der Waals surface area contributed by atoms with E-state index < -0.39 is 0 Å². The molecular formula is C21H24N6O3. The summed E-state index contributed by atoms with van der Waals surface area (Å²) in [7, 11) is 1.60. The van der Waals surface area contributed by atoms with Crippen molar-refractivity contribution in [1.29, 1.82) is 0 Å². The molecule has 2 aromatic carbocycles. The van der Waals surface area contributed by atoms with E-state index in [0.717, 1.165) is 24.4 Å². The van der Waals surface area contributed by atoms with Gasteiger partial charge >= 0.3 is 0 Å². The number of carbonyl (C=O) groups excluding carboxylic acids is 1. The Labute approximate surface area is 174 Å². The standard InChI is InChI=1S/C21H24N6O3/c1-29-18-9-7-17(8-10-18)22-19(28)15-27-21(23-24-25-27)20(16-5-3-2-4-6-16)26-11-13-30-14-12-26/h2-10,20H,11-15H2,1H3,(H,22,28). The summed E-state index contributed by atoms with van der Waals surface area (Å²) in [5.74, 6) is 1.16. The first-order valence-electron chi connectivity index (χ1n) is 9.81. The number of tetrazole rings is 1. The summed E-state index contributed by atoms with van der Waals surface area (Å²) in [6.45, 7) is 2.86. The van der Waals surface area contributed by atoms with Gasteiger partial charge in [0.25, 0.3) is 0 Å². The molecule has 1 atom stereocenters. The number of morpholine rings is 1. The molecule has 0 spiro atoms. The molecule has 1 aliphatic heterocycles. The number of carbonyl (C=O) groups is 1. The predicted octanol–water partition coefficient (Wildman–Crippen LogP) is 1.74. The molecule has 30 heavy (non-hydrogen) atoms. The molecule has 0 radical (unpaired) electrons. The maximum Gasteiger partial charge on any atom is 0.246 e. The second kappa shape index (κ2) is 9.47. The topological polar surface area (TPSA) is 94.4 Å². The predicted molar refractivity (Wildman–Crippen MR) is 110 cm³/mol. The molecule has 1 aliphatic rings. The second-order valence-electron chi connectivity index (χ2n) is 6.93. The first-order chi connectivity index (χ1) is 14.7. The van der Waals surface area contributed by atoms with Crippen molar-refractivity contribution in [3.63, 3.8) is 0 Å². The van der Waals surface area contributed by atoms with Gasteiger partial charge in [-0.2, -0.15) is 0 Å². The molecular weight excluding hydrogens is 384 g/mol. The highest BCUT2D eigenvalue weighted by Crippen LogP contribution is 2.27. The minimum atomic E-state index is -0.206. The zero-order valence-electron chi connectivity index (χ0n) is 16.8. The van der Waals surface area contributed by atoms with E-state index in [-0.39, 0.29) is 18.5 Å². The maximum absolute atomic E-state index is 12.6. The highest BCUT2D eigenvalue weighted by molar-refractivity contribution is 5.90. The number of hydrogen-bond acceptors (Lipinski definition) is 7. The molecule has 0 saturated carbocycles. The van der Waals surface area contributed by atoms with Crippen LogP contribution in [0.2, 0.25) is 0 Å². The van der Waals surface area contributed by atoms with Crippen molar-refractivity contribution in [2.75, 3.05) is 38.7 Å². The Balaban J connectivity index is 1.54. The molecule has 4 rings (SSSR count).